The summed E-state index contributed by atoms with van der Waals surface area (Å²) in [5.74, 6) is -0.216. The second kappa shape index (κ2) is 44.5. The Hall–Kier alpha value is -2.57. The van der Waals surface area contributed by atoms with Gasteiger partial charge in [-0.05, 0) is 64.2 Å². The molecule has 2 fully saturated rings. The number of aliphatic hydroxyl groups excluding tert-OH is 8. The third-order valence-corrected chi connectivity index (χ3v) is 13.7. The minimum atomic E-state index is -1.78. The summed E-state index contributed by atoms with van der Waals surface area (Å²) in [5.41, 5.74) is 0. The van der Waals surface area contributed by atoms with Crippen LogP contribution in [0, 0.1) is 0 Å². The summed E-state index contributed by atoms with van der Waals surface area (Å²) < 4.78 is 22.7. The fraction of sp³-hybridized carbons (Fsp3) is 0.780. The Balaban J connectivity index is 1.58. The van der Waals surface area contributed by atoms with Crippen molar-refractivity contribution in [3.05, 3.63) is 72.9 Å². The Bertz CT molecular complexity index is 1500. The van der Waals surface area contributed by atoms with Crippen molar-refractivity contribution >= 4 is 5.91 Å². The Labute approximate surface area is 440 Å². The molecule has 422 valence electrons. The number of hydrogen-bond donors (Lipinski definition) is 9. The summed E-state index contributed by atoms with van der Waals surface area (Å²) >= 11 is 0. The Morgan fingerprint density at radius 3 is 1.45 bits per heavy atom. The molecule has 14 heteroatoms. The number of carbonyl (C=O) groups is 1. The van der Waals surface area contributed by atoms with E-state index in [1.54, 1.807) is 0 Å². The maximum Gasteiger partial charge on any atom is 0.220 e. The largest absolute Gasteiger partial charge is 0.394 e. The van der Waals surface area contributed by atoms with E-state index in [-0.39, 0.29) is 12.5 Å². The summed E-state index contributed by atoms with van der Waals surface area (Å²) in [6, 6.07) is -0.828. The van der Waals surface area contributed by atoms with E-state index >= 15 is 0 Å². The number of unbranched alkanes of at least 4 members (excludes halogenated alkanes) is 19. The standard InChI is InChI=1S/C59H103NO13/c1-3-5-7-9-11-12-13-14-15-16-17-18-19-20-21-22-23-24-25-26-27-28-29-30-31-32-33-34-35-36-37-39-41-43-51(64)60-47(48(63)42-40-38-10-8-6-4-2)46-70-58-56(69)54(67)57(50(45-62)72-58)73-59-55(68)53(66)52(65)49(44-61)71-59/h5,7,11-12,14-15,17-18,20-21,23-24,47-50,52-59,61-63,65-69H,3-4,6,8-10,13,16,19,22,25-46H2,1-2H3,(H,60,64)/b7-5-,12-11-,15-14-,18-17-,21-20-,24-23-. The zero-order valence-electron chi connectivity index (χ0n) is 45.1. The minimum Gasteiger partial charge on any atom is -0.394 e. The molecular weight excluding hydrogens is 931 g/mol. The fourth-order valence-electron chi connectivity index (χ4n) is 9.06. The predicted octanol–water partition coefficient (Wildman–Crippen LogP) is 9.16. The van der Waals surface area contributed by atoms with E-state index in [1.807, 2.05) is 0 Å². The second-order valence-corrected chi connectivity index (χ2v) is 20.0. The average molecular weight is 1030 g/mol. The molecule has 12 unspecified atom stereocenters. The molecule has 9 N–H and O–H groups in total. The highest BCUT2D eigenvalue weighted by molar-refractivity contribution is 5.76. The van der Waals surface area contributed by atoms with Gasteiger partial charge in [-0.1, -0.05) is 202 Å². The van der Waals surface area contributed by atoms with Gasteiger partial charge in [-0.3, -0.25) is 4.79 Å². The molecule has 14 nitrogen and oxygen atoms in total. The van der Waals surface area contributed by atoms with E-state index in [0.717, 1.165) is 103 Å². The summed E-state index contributed by atoms with van der Waals surface area (Å²) in [6.07, 6.45) is 41.1. The summed E-state index contributed by atoms with van der Waals surface area (Å²) in [5, 5.41) is 86.6. The van der Waals surface area contributed by atoms with E-state index in [9.17, 15) is 45.6 Å². The number of amides is 1. The zero-order valence-corrected chi connectivity index (χ0v) is 45.1. The molecule has 0 aromatic heterocycles. The maximum absolute atomic E-state index is 13.2. The van der Waals surface area contributed by atoms with Crippen LogP contribution in [0.4, 0.5) is 0 Å². The van der Waals surface area contributed by atoms with Crippen LogP contribution in [0.1, 0.15) is 200 Å². The van der Waals surface area contributed by atoms with Gasteiger partial charge in [0.2, 0.25) is 5.91 Å². The van der Waals surface area contributed by atoms with Gasteiger partial charge in [0, 0.05) is 6.42 Å². The molecule has 12 atom stereocenters. The third-order valence-electron chi connectivity index (χ3n) is 13.7. The molecule has 0 saturated carbocycles. The molecule has 2 saturated heterocycles. The number of nitrogens with one attached hydrogen (secondary N) is 1. The van der Waals surface area contributed by atoms with E-state index in [0.29, 0.717) is 12.8 Å². The number of ether oxygens (including phenoxy) is 4. The summed E-state index contributed by atoms with van der Waals surface area (Å²) in [4.78, 5) is 13.2. The first-order chi connectivity index (χ1) is 35.6. The summed E-state index contributed by atoms with van der Waals surface area (Å²) in [7, 11) is 0. The first-order valence-electron chi connectivity index (χ1n) is 28.7. The average Bonchev–Trinajstić information content (AvgIpc) is 3.39. The predicted molar refractivity (Wildman–Crippen MR) is 290 cm³/mol. The zero-order chi connectivity index (χ0) is 53.2. The maximum atomic E-state index is 13.2. The van der Waals surface area contributed by atoms with Crippen LogP contribution >= 0.6 is 0 Å². The SMILES string of the molecule is CC/C=C\C/C=C\C/C=C\C/C=C\C/C=C\C/C=C\CCCCCCCCCCCCCCCCC(=O)NC(COC1OC(CO)C(OC2OC(CO)C(O)C(O)C2O)C(O)C1O)C(O)CCCCCCCC. The van der Waals surface area contributed by atoms with Crippen molar-refractivity contribution in [1.29, 1.82) is 0 Å². The Morgan fingerprint density at radius 1 is 0.507 bits per heavy atom. The van der Waals surface area contributed by atoms with Gasteiger partial charge in [0.15, 0.2) is 12.6 Å². The Kier molecular flexibility index (Phi) is 40.6. The number of hydrogen-bond acceptors (Lipinski definition) is 13. The van der Waals surface area contributed by atoms with Crippen molar-refractivity contribution in [2.45, 2.75) is 274 Å². The topological polar surface area (TPSA) is 228 Å². The highest BCUT2D eigenvalue weighted by atomic mass is 16.7. The minimum absolute atomic E-state index is 0.216. The first-order valence-corrected chi connectivity index (χ1v) is 28.7. The van der Waals surface area contributed by atoms with Crippen molar-refractivity contribution in [2.24, 2.45) is 0 Å². The lowest BCUT2D eigenvalue weighted by atomic mass is 9.97. The van der Waals surface area contributed by atoms with Crippen molar-refractivity contribution in [3.63, 3.8) is 0 Å². The molecule has 2 aliphatic rings. The van der Waals surface area contributed by atoms with Crippen LogP contribution in [0.2, 0.25) is 0 Å². The van der Waals surface area contributed by atoms with Crippen molar-refractivity contribution in [1.82, 2.24) is 5.32 Å². The molecule has 0 spiro atoms. The van der Waals surface area contributed by atoms with Gasteiger partial charge in [0.25, 0.3) is 0 Å². The normalized spacial score (nSPS) is 25.9. The smallest absolute Gasteiger partial charge is 0.220 e. The van der Waals surface area contributed by atoms with E-state index < -0.39 is 86.8 Å². The molecular formula is C59H103NO13. The van der Waals surface area contributed by atoms with Crippen LogP contribution < -0.4 is 5.32 Å². The Morgan fingerprint density at radius 2 is 0.945 bits per heavy atom. The van der Waals surface area contributed by atoms with E-state index in [1.165, 1.54) is 70.6 Å². The number of rotatable bonds is 44. The number of aliphatic hydroxyl groups is 8. The molecule has 2 heterocycles. The van der Waals surface area contributed by atoms with Gasteiger partial charge in [-0.15, -0.1) is 0 Å². The van der Waals surface area contributed by atoms with Crippen molar-refractivity contribution in [2.75, 3.05) is 19.8 Å². The lowest BCUT2D eigenvalue weighted by molar-refractivity contribution is -0.359. The molecule has 0 aliphatic carbocycles. The monoisotopic (exact) mass is 1030 g/mol. The quantitative estimate of drug-likeness (QED) is 0.0205. The van der Waals surface area contributed by atoms with Gasteiger partial charge in [-0.25, -0.2) is 0 Å². The van der Waals surface area contributed by atoms with Crippen molar-refractivity contribution in [3.8, 4) is 0 Å². The van der Waals surface area contributed by atoms with Gasteiger partial charge in [0.1, 0.15) is 48.8 Å². The first kappa shape index (κ1) is 66.5. The molecule has 0 bridgehead atoms. The van der Waals surface area contributed by atoms with Crippen molar-refractivity contribution < 1.29 is 64.6 Å². The fourth-order valence-corrected chi connectivity index (χ4v) is 9.06. The van der Waals surface area contributed by atoms with Crippen LogP contribution in [0.25, 0.3) is 0 Å². The molecule has 1 amide bonds. The van der Waals surface area contributed by atoms with Crippen LogP contribution in [0.15, 0.2) is 72.9 Å². The van der Waals surface area contributed by atoms with Crippen LogP contribution in [-0.2, 0) is 23.7 Å². The van der Waals surface area contributed by atoms with Gasteiger partial charge in [0.05, 0.1) is 32.0 Å². The highest BCUT2D eigenvalue weighted by Crippen LogP contribution is 2.30. The van der Waals surface area contributed by atoms with Crippen LogP contribution in [0.5, 0.6) is 0 Å². The summed E-state index contributed by atoms with van der Waals surface area (Å²) in [6.45, 7) is 2.65. The van der Waals surface area contributed by atoms with Gasteiger partial charge >= 0.3 is 0 Å². The third kappa shape index (κ3) is 30.7. The lowest BCUT2D eigenvalue weighted by Crippen LogP contribution is -2.65. The number of allylic oxidation sites excluding steroid dienone is 12. The molecule has 0 radical (unpaired) electrons. The second-order valence-electron chi connectivity index (χ2n) is 20.0. The highest BCUT2D eigenvalue weighted by Gasteiger charge is 2.51. The van der Waals surface area contributed by atoms with Gasteiger partial charge in [-0.2, -0.15) is 0 Å². The van der Waals surface area contributed by atoms with Gasteiger partial charge < -0.3 is 65.1 Å². The molecule has 73 heavy (non-hydrogen) atoms. The van der Waals surface area contributed by atoms with E-state index in [4.69, 9.17) is 18.9 Å². The lowest BCUT2D eigenvalue weighted by Gasteiger charge is -2.46. The number of carbonyl (C=O) groups excluding carboxylic acids is 1. The molecule has 0 aromatic carbocycles. The van der Waals surface area contributed by atoms with Crippen LogP contribution in [-0.4, -0.2) is 140 Å². The molecule has 2 rings (SSSR count). The van der Waals surface area contributed by atoms with Crippen LogP contribution in [0.3, 0.4) is 0 Å². The molecule has 2 aliphatic heterocycles. The van der Waals surface area contributed by atoms with E-state index in [2.05, 4.69) is 92.1 Å². The molecule has 0 aromatic rings.